The maximum Gasteiger partial charge on any atom is 0.264 e. The normalized spacial score (nSPS) is 10.3. The Hall–Kier alpha value is -2.05. The molecule has 0 heterocycles. The number of nitrogens with one attached hydrogen (secondary N) is 1. The summed E-state index contributed by atoms with van der Waals surface area (Å²) in [5.74, 6) is -0.326. The number of rotatable bonds is 3. The summed E-state index contributed by atoms with van der Waals surface area (Å²) < 4.78 is 25.2. The molecule has 0 aliphatic heterocycles. The Morgan fingerprint density at radius 3 is 2.38 bits per heavy atom. The number of carbonyl (C=O) groups excluding carboxylic acids is 1. The van der Waals surface area contributed by atoms with E-state index < -0.39 is 10.0 Å². The smallest absolute Gasteiger partial charge is 0.264 e. The van der Waals surface area contributed by atoms with E-state index in [2.05, 4.69) is 14.7 Å². The first kappa shape index (κ1) is 12.0. The number of benzene rings is 1. The predicted octanol–water partition coefficient (Wildman–Crippen LogP) is 1.05. The van der Waals surface area contributed by atoms with Crippen LogP contribution in [0.2, 0.25) is 0 Å². The van der Waals surface area contributed by atoms with Crippen molar-refractivity contribution < 1.29 is 13.2 Å². The van der Waals surface area contributed by atoms with E-state index in [0.717, 1.165) is 0 Å². The first-order chi connectivity index (χ1) is 7.51. The van der Waals surface area contributed by atoms with Crippen LogP contribution in [0, 0.1) is 0 Å². The summed E-state index contributed by atoms with van der Waals surface area (Å²) in [6.07, 6.45) is 0. The lowest BCUT2D eigenvalue weighted by atomic mass is 10.2. The minimum absolute atomic E-state index is 0.155. The SMILES string of the molecule is CNC(=O)c1ccc(S(=O)(=O)N=[N+]=[N-])cc1. The zero-order valence-corrected chi connectivity index (χ0v) is 9.10. The van der Waals surface area contributed by atoms with Crippen LogP contribution in [0.5, 0.6) is 0 Å². The number of hydrogen-bond donors (Lipinski definition) is 1. The van der Waals surface area contributed by atoms with Crippen molar-refractivity contribution in [2.45, 2.75) is 4.90 Å². The maximum atomic E-state index is 11.3. The summed E-state index contributed by atoms with van der Waals surface area (Å²) >= 11 is 0. The fourth-order valence-corrected chi connectivity index (χ4v) is 1.69. The van der Waals surface area contributed by atoms with Crippen LogP contribution in [0.4, 0.5) is 0 Å². The van der Waals surface area contributed by atoms with Gasteiger partial charge in [-0.15, -0.1) is 0 Å². The van der Waals surface area contributed by atoms with E-state index in [0.29, 0.717) is 5.56 Å². The number of nitrogens with zero attached hydrogens (tertiary/aromatic N) is 3. The van der Waals surface area contributed by atoms with Crippen LogP contribution >= 0.6 is 0 Å². The summed E-state index contributed by atoms with van der Waals surface area (Å²) in [5, 5.41) is 2.39. The van der Waals surface area contributed by atoms with Crippen molar-refractivity contribution in [3.05, 3.63) is 40.3 Å². The van der Waals surface area contributed by atoms with Gasteiger partial charge < -0.3 is 5.32 Å². The molecule has 0 unspecified atom stereocenters. The van der Waals surface area contributed by atoms with Gasteiger partial charge in [-0.1, -0.05) is 0 Å². The highest BCUT2D eigenvalue weighted by atomic mass is 32.2. The van der Waals surface area contributed by atoms with Gasteiger partial charge >= 0.3 is 0 Å². The van der Waals surface area contributed by atoms with Gasteiger partial charge in [0.15, 0.2) is 0 Å². The Labute approximate surface area is 91.8 Å². The van der Waals surface area contributed by atoms with Gasteiger partial charge in [-0.2, -0.15) is 0 Å². The third-order valence-electron chi connectivity index (χ3n) is 1.79. The molecule has 0 fully saturated rings. The molecule has 0 atom stereocenters. The molecule has 0 bridgehead atoms. The number of amides is 1. The molecule has 0 aromatic heterocycles. The van der Waals surface area contributed by atoms with Crippen LogP contribution in [0.25, 0.3) is 10.4 Å². The van der Waals surface area contributed by atoms with Crippen LogP contribution in [-0.2, 0) is 10.0 Å². The molecule has 1 aromatic carbocycles. The molecule has 8 heteroatoms. The van der Waals surface area contributed by atoms with Crippen molar-refractivity contribution in [3.63, 3.8) is 0 Å². The van der Waals surface area contributed by atoms with Gasteiger partial charge in [0.1, 0.15) is 0 Å². The van der Waals surface area contributed by atoms with E-state index >= 15 is 0 Å². The van der Waals surface area contributed by atoms with E-state index in [1.807, 2.05) is 0 Å². The van der Waals surface area contributed by atoms with Gasteiger partial charge in [-0.25, -0.2) is 8.42 Å². The molecule has 0 aliphatic carbocycles. The average molecular weight is 240 g/mol. The van der Waals surface area contributed by atoms with Crippen molar-refractivity contribution in [2.75, 3.05) is 7.05 Å². The number of azide groups is 1. The molecule has 84 valence electrons. The van der Waals surface area contributed by atoms with Crippen molar-refractivity contribution in [1.29, 1.82) is 0 Å². The van der Waals surface area contributed by atoms with Crippen LogP contribution in [0.15, 0.2) is 33.7 Å². The first-order valence-electron chi connectivity index (χ1n) is 4.15. The first-order valence-corrected chi connectivity index (χ1v) is 5.59. The Bertz CT molecular complexity index is 543. The van der Waals surface area contributed by atoms with Crippen LogP contribution in [0.1, 0.15) is 10.4 Å². The van der Waals surface area contributed by atoms with Crippen molar-refractivity contribution in [1.82, 2.24) is 5.32 Å². The topological polar surface area (TPSA) is 112 Å². The molecular weight excluding hydrogens is 232 g/mol. The van der Waals surface area contributed by atoms with Gasteiger partial charge in [-0.3, -0.25) is 4.79 Å². The Balaban J connectivity index is 3.14. The molecule has 1 aromatic rings. The molecule has 1 N–H and O–H groups in total. The molecule has 16 heavy (non-hydrogen) atoms. The lowest BCUT2D eigenvalue weighted by Gasteiger charge is -2.00. The standard InChI is InChI=1S/C8H8N4O3S/c1-10-8(13)6-2-4-7(5-3-6)16(14,15)12-11-9/h2-5H,1H3,(H,10,13). The zero-order valence-electron chi connectivity index (χ0n) is 8.28. The Morgan fingerprint density at radius 1 is 1.38 bits per heavy atom. The third-order valence-corrected chi connectivity index (χ3v) is 2.94. The van der Waals surface area contributed by atoms with E-state index in [4.69, 9.17) is 5.53 Å². The van der Waals surface area contributed by atoms with Crippen LogP contribution in [0.3, 0.4) is 0 Å². The summed E-state index contributed by atoms with van der Waals surface area (Å²) in [6.45, 7) is 0. The Morgan fingerprint density at radius 2 is 1.94 bits per heavy atom. The monoisotopic (exact) mass is 240 g/mol. The molecule has 0 aliphatic rings. The minimum Gasteiger partial charge on any atom is -0.355 e. The van der Waals surface area contributed by atoms with Gasteiger partial charge in [0.2, 0.25) is 0 Å². The van der Waals surface area contributed by atoms with Gasteiger partial charge in [0.05, 0.1) is 4.90 Å². The average Bonchev–Trinajstić information content (AvgIpc) is 2.28. The fourth-order valence-electron chi connectivity index (χ4n) is 1.02. The molecule has 7 nitrogen and oxygen atoms in total. The predicted molar refractivity (Wildman–Crippen MR) is 56.2 cm³/mol. The lowest BCUT2D eigenvalue weighted by Crippen LogP contribution is -2.17. The van der Waals surface area contributed by atoms with Gasteiger partial charge in [0.25, 0.3) is 15.9 Å². The fraction of sp³-hybridized carbons (Fsp3) is 0.125. The molecule has 0 spiro atoms. The highest BCUT2D eigenvalue weighted by molar-refractivity contribution is 7.90. The summed E-state index contributed by atoms with van der Waals surface area (Å²) in [5.41, 5.74) is 8.38. The number of sulfonamides is 1. The minimum atomic E-state index is -3.98. The molecular formula is C8H8N4O3S. The third kappa shape index (κ3) is 2.50. The molecule has 0 radical (unpaired) electrons. The van der Waals surface area contributed by atoms with Crippen molar-refractivity contribution >= 4 is 15.9 Å². The van der Waals surface area contributed by atoms with Crippen molar-refractivity contribution in [2.24, 2.45) is 4.52 Å². The zero-order chi connectivity index (χ0) is 12.2. The van der Waals surface area contributed by atoms with E-state index in [9.17, 15) is 13.2 Å². The van der Waals surface area contributed by atoms with Gasteiger partial charge in [0, 0.05) is 22.0 Å². The maximum absolute atomic E-state index is 11.3. The van der Waals surface area contributed by atoms with E-state index in [1.165, 1.54) is 31.3 Å². The van der Waals surface area contributed by atoms with Crippen LogP contribution in [-0.4, -0.2) is 21.4 Å². The molecule has 1 amide bonds. The largest absolute Gasteiger partial charge is 0.355 e. The quantitative estimate of drug-likeness (QED) is 0.484. The number of hydrogen-bond acceptors (Lipinski definition) is 3. The van der Waals surface area contributed by atoms with E-state index in [-0.39, 0.29) is 10.8 Å². The molecule has 1 rings (SSSR count). The number of carbonyl (C=O) groups is 1. The summed E-state index contributed by atoms with van der Waals surface area (Å²) in [6, 6.07) is 5.07. The molecule has 0 saturated carbocycles. The second-order valence-corrected chi connectivity index (χ2v) is 4.33. The summed E-state index contributed by atoms with van der Waals surface area (Å²) in [7, 11) is -2.52. The highest BCUT2D eigenvalue weighted by Crippen LogP contribution is 2.13. The second kappa shape index (κ2) is 4.65. The van der Waals surface area contributed by atoms with Gasteiger partial charge in [-0.05, 0) is 29.8 Å². The van der Waals surface area contributed by atoms with Crippen LogP contribution < -0.4 is 5.32 Å². The van der Waals surface area contributed by atoms with Crippen molar-refractivity contribution in [3.8, 4) is 0 Å². The second-order valence-electron chi connectivity index (χ2n) is 2.75. The molecule has 0 saturated heterocycles. The Kier molecular flexibility index (Phi) is 3.49. The van der Waals surface area contributed by atoms with E-state index in [1.54, 1.807) is 0 Å². The summed E-state index contributed by atoms with van der Waals surface area (Å²) in [4.78, 5) is 13.2. The highest BCUT2D eigenvalue weighted by Gasteiger charge is 2.12. The lowest BCUT2D eigenvalue weighted by molar-refractivity contribution is 0.0963.